The van der Waals surface area contributed by atoms with E-state index in [2.05, 4.69) is 15.1 Å². The standard InChI is InChI=1S/C22H22N4O5/c1-13(2)11-26-18-9-4-14(10-17(18)23-21(27)22(26)28)20-24-19(31-25-20)12-30-16-7-5-15(29-3)6-8-16/h4-10,13H,11-12H2,1-3H3,(H,23,27). The number of fused-ring (bicyclic) bond motifs is 1. The molecule has 0 radical (unpaired) electrons. The quantitative estimate of drug-likeness (QED) is 0.456. The molecule has 9 heteroatoms. The van der Waals surface area contributed by atoms with Crippen molar-refractivity contribution in [2.75, 3.05) is 7.11 Å². The number of hydrogen-bond acceptors (Lipinski definition) is 7. The zero-order valence-electron chi connectivity index (χ0n) is 17.4. The molecule has 0 saturated heterocycles. The molecule has 0 amide bonds. The van der Waals surface area contributed by atoms with Crippen LogP contribution < -0.4 is 20.6 Å². The zero-order chi connectivity index (χ0) is 22.0. The van der Waals surface area contributed by atoms with Crippen molar-refractivity contribution in [1.29, 1.82) is 0 Å². The largest absolute Gasteiger partial charge is 0.497 e. The molecule has 160 valence electrons. The van der Waals surface area contributed by atoms with E-state index in [1.54, 1.807) is 49.6 Å². The molecule has 0 saturated carbocycles. The van der Waals surface area contributed by atoms with Gasteiger partial charge in [0.05, 0.1) is 18.1 Å². The number of aromatic amines is 1. The second kappa shape index (κ2) is 8.47. The van der Waals surface area contributed by atoms with Crippen molar-refractivity contribution in [3.63, 3.8) is 0 Å². The van der Waals surface area contributed by atoms with Crippen molar-refractivity contribution >= 4 is 11.0 Å². The molecule has 2 heterocycles. The average Bonchev–Trinajstić information content (AvgIpc) is 3.24. The number of nitrogens with zero attached hydrogens (tertiary/aromatic N) is 3. The second-order valence-electron chi connectivity index (χ2n) is 7.47. The van der Waals surface area contributed by atoms with Crippen LogP contribution in [-0.2, 0) is 13.2 Å². The van der Waals surface area contributed by atoms with Crippen LogP contribution in [0, 0.1) is 5.92 Å². The molecule has 0 aliphatic heterocycles. The van der Waals surface area contributed by atoms with E-state index in [1.807, 2.05) is 13.8 Å². The SMILES string of the molecule is COc1ccc(OCc2nc(-c3ccc4c(c3)[nH]c(=O)c(=O)n4CC(C)C)no2)cc1. The van der Waals surface area contributed by atoms with E-state index in [9.17, 15) is 9.59 Å². The van der Waals surface area contributed by atoms with E-state index in [-0.39, 0.29) is 12.5 Å². The summed E-state index contributed by atoms with van der Waals surface area (Å²) < 4.78 is 17.5. The zero-order valence-corrected chi connectivity index (χ0v) is 17.4. The summed E-state index contributed by atoms with van der Waals surface area (Å²) in [4.78, 5) is 31.3. The van der Waals surface area contributed by atoms with Gasteiger partial charge in [-0.05, 0) is 48.4 Å². The monoisotopic (exact) mass is 422 g/mol. The van der Waals surface area contributed by atoms with Crippen LogP contribution in [0.25, 0.3) is 22.4 Å². The molecule has 2 aromatic carbocycles. The lowest BCUT2D eigenvalue weighted by molar-refractivity contribution is 0.242. The Morgan fingerprint density at radius 2 is 1.84 bits per heavy atom. The Morgan fingerprint density at radius 3 is 2.55 bits per heavy atom. The van der Waals surface area contributed by atoms with Crippen LogP contribution in [0.1, 0.15) is 19.7 Å². The van der Waals surface area contributed by atoms with Crippen molar-refractivity contribution in [3.8, 4) is 22.9 Å². The van der Waals surface area contributed by atoms with Crippen molar-refractivity contribution in [2.24, 2.45) is 5.92 Å². The Labute approximate surface area is 177 Å². The van der Waals surface area contributed by atoms with Crippen molar-refractivity contribution < 1.29 is 14.0 Å². The number of benzene rings is 2. The summed E-state index contributed by atoms with van der Waals surface area (Å²) in [7, 11) is 1.60. The lowest BCUT2D eigenvalue weighted by atomic mass is 10.1. The van der Waals surface area contributed by atoms with Crippen LogP contribution in [0.15, 0.2) is 56.6 Å². The fraction of sp³-hybridized carbons (Fsp3) is 0.273. The maximum absolute atomic E-state index is 12.3. The van der Waals surface area contributed by atoms with E-state index in [1.165, 1.54) is 4.57 Å². The highest BCUT2D eigenvalue weighted by Gasteiger charge is 2.13. The van der Waals surface area contributed by atoms with Gasteiger partial charge in [0.15, 0.2) is 6.61 Å². The van der Waals surface area contributed by atoms with Crippen molar-refractivity contribution in [3.05, 3.63) is 69.1 Å². The van der Waals surface area contributed by atoms with Crippen LogP contribution in [0.2, 0.25) is 0 Å². The Balaban J connectivity index is 1.57. The van der Waals surface area contributed by atoms with Crippen LogP contribution in [0.5, 0.6) is 11.5 Å². The van der Waals surface area contributed by atoms with Crippen LogP contribution in [0.4, 0.5) is 0 Å². The fourth-order valence-electron chi connectivity index (χ4n) is 3.21. The highest BCUT2D eigenvalue weighted by Crippen LogP contribution is 2.22. The molecule has 0 spiro atoms. The summed E-state index contributed by atoms with van der Waals surface area (Å²) in [6, 6.07) is 12.4. The number of methoxy groups -OCH3 is 1. The average molecular weight is 422 g/mol. The first-order valence-corrected chi connectivity index (χ1v) is 9.81. The topological polar surface area (TPSA) is 112 Å². The maximum atomic E-state index is 12.3. The molecule has 1 N–H and O–H groups in total. The summed E-state index contributed by atoms with van der Waals surface area (Å²) in [6.45, 7) is 4.54. The fourth-order valence-corrected chi connectivity index (χ4v) is 3.21. The molecule has 9 nitrogen and oxygen atoms in total. The molecule has 0 bridgehead atoms. The predicted molar refractivity (Wildman–Crippen MR) is 114 cm³/mol. The normalized spacial score (nSPS) is 11.2. The minimum absolute atomic E-state index is 0.109. The van der Waals surface area contributed by atoms with E-state index < -0.39 is 11.1 Å². The Hall–Kier alpha value is -3.88. The molecule has 4 aromatic rings. The van der Waals surface area contributed by atoms with Gasteiger partial charge >= 0.3 is 11.1 Å². The molecular weight excluding hydrogens is 400 g/mol. The summed E-state index contributed by atoms with van der Waals surface area (Å²) >= 11 is 0. The summed E-state index contributed by atoms with van der Waals surface area (Å²) in [5, 5.41) is 4.00. The van der Waals surface area contributed by atoms with Crippen LogP contribution in [-0.4, -0.2) is 26.8 Å². The minimum Gasteiger partial charge on any atom is -0.497 e. The second-order valence-corrected chi connectivity index (χ2v) is 7.47. The molecule has 4 rings (SSSR count). The van der Waals surface area contributed by atoms with Gasteiger partial charge in [-0.25, -0.2) is 0 Å². The van der Waals surface area contributed by atoms with Gasteiger partial charge in [-0.3, -0.25) is 9.59 Å². The molecule has 0 aliphatic rings. The van der Waals surface area contributed by atoms with Gasteiger partial charge in [-0.2, -0.15) is 4.98 Å². The third kappa shape index (κ3) is 4.35. The van der Waals surface area contributed by atoms with Crippen LogP contribution >= 0.6 is 0 Å². The first-order valence-electron chi connectivity index (χ1n) is 9.81. The van der Waals surface area contributed by atoms with Gasteiger partial charge < -0.3 is 23.5 Å². The Morgan fingerprint density at radius 1 is 1.10 bits per heavy atom. The number of aromatic nitrogens is 4. The lowest BCUT2D eigenvalue weighted by Gasteiger charge is -2.12. The van der Waals surface area contributed by atoms with E-state index in [4.69, 9.17) is 14.0 Å². The minimum atomic E-state index is -0.660. The van der Waals surface area contributed by atoms with Gasteiger partial charge in [0.25, 0.3) is 5.89 Å². The predicted octanol–water partition coefficient (Wildman–Crippen LogP) is 2.98. The molecule has 0 fully saturated rings. The third-order valence-electron chi connectivity index (χ3n) is 4.67. The highest BCUT2D eigenvalue weighted by atomic mass is 16.5. The van der Waals surface area contributed by atoms with Gasteiger partial charge in [0.1, 0.15) is 11.5 Å². The Kier molecular flexibility index (Phi) is 5.57. The number of H-pyrrole nitrogens is 1. The van der Waals surface area contributed by atoms with Gasteiger partial charge in [0.2, 0.25) is 5.82 Å². The molecule has 2 aromatic heterocycles. The summed E-state index contributed by atoms with van der Waals surface area (Å²) in [5.41, 5.74) is 0.605. The third-order valence-corrected chi connectivity index (χ3v) is 4.67. The summed E-state index contributed by atoms with van der Waals surface area (Å²) in [5.74, 6) is 2.27. The number of rotatable bonds is 7. The van der Waals surface area contributed by atoms with Gasteiger partial charge in [-0.1, -0.05) is 19.0 Å². The van der Waals surface area contributed by atoms with Crippen molar-refractivity contribution in [1.82, 2.24) is 19.7 Å². The van der Waals surface area contributed by atoms with Gasteiger partial charge in [-0.15, -0.1) is 0 Å². The number of ether oxygens (including phenoxy) is 2. The first-order chi connectivity index (χ1) is 14.9. The maximum Gasteiger partial charge on any atom is 0.316 e. The molecule has 0 unspecified atom stereocenters. The van der Waals surface area contributed by atoms with Crippen molar-refractivity contribution in [2.45, 2.75) is 27.0 Å². The van der Waals surface area contributed by atoms with E-state index in [0.717, 1.165) is 5.75 Å². The molecule has 31 heavy (non-hydrogen) atoms. The molecule has 0 aliphatic carbocycles. The number of nitrogens with one attached hydrogen (secondary N) is 1. The smallest absolute Gasteiger partial charge is 0.316 e. The molecular formula is C22H22N4O5. The highest BCUT2D eigenvalue weighted by molar-refractivity contribution is 5.80. The Bertz CT molecular complexity index is 1320. The van der Waals surface area contributed by atoms with Gasteiger partial charge in [0, 0.05) is 12.1 Å². The lowest BCUT2D eigenvalue weighted by Crippen LogP contribution is -2.37. The van der Waals surface area contributed by atoms with Crippen LogP contribution in [0.3, 0.4) is 0 Å². The number of hydrogen-bond donors (Lipinski definition) is 1. The summed E-state index contributed by atoms with van der Waals surface area (Å²) in [6.07, 6.45) is 0. The van der Waals surface area contributed by atoms with E-state index in [0.29, 0.717) is 40.6 Å². The van der Waals surface area contributed by atoms with E-state index >= 15 is 0 Å². The molecule has 0 atom stereocenters. The first kappa shape index (κ1) is 20.4.